The standard InChI is InChI=1S/C23H26N2O2/c1-15(2)11-21(25-14-18-9-5-6-10-20(18)23(25)27)22(26)24-19-12-16-7-3-4-8-17(16)13-19/h3-10,15,19,21H,11-14H2,1-2H3,(H,24,26)/t21-/m0/s1. The second-order valence-corrected chi connectivity index (χ2v) is 8.12. The first kappa shape index (κ1) is 17.8. The molecule has 4 heteroatoms. The average molecular weight is 362 g/mol. The molecule has 140 valence electrons. The molecule has 1 aliphatic heterocycles. The van der Waals surface area contributed by atoms with Crippen LogP contribution in [0.5, 0.6) is 0 Å². The Morgan fingerprint density at radius 2 is 1.63 bits per heavy atom. The van der Waals surface area contributed by atoms with Crippen molar-refractivity contribution >= 4 is 11.8 Å². The number of hydrogen-bond acceptors (Lipinski definition) is 2. The molecule has 0 radical (unpaired) electrons. The number of hydrogen-bond donors (Lipinski definition) is 1. The molecular weight excluding hydrogens is 336 g/mol. The van der Waals surface area contributed by atoms with Crippen molar-refractivity contribution in [1.82, 2.24) is 10.2 Å². The lowest BCUT2D eigenvalue weighted by atomic mass is 10.0. The van der Waals surface area contributed by atoms with Crippen molar-refractivity contribution < 1.29 is 9.59 Å². The van der Waals surface area contributed by atoms with E-state index in [1.165, 1.54) is 11.1 Å². The van der Waals surface area contributed by atoms with Gasteiger partial charge in [-0.3, -0.25) is 9.59 Å². The number of benzene rings is 2. The van der Waals surface area contributed by atoms with Crippen molar-refractivity contribution in [3.05, 3.63) is 70.8 Å². The van der Waals surface area contributed by atoms with Crippen LogP contribution in [0.15, 0.2) is 48.5 Å². The highest BCUT2D eigenvalue weighted by Crippen LogP contribution is 2.28. The van der Waals surface area contributed by atoms with Gasteiger partial charge in [0.15, 0.2) is 0 Å². The molecule has 0 saturated heterocycles. The maximum absolute atomic E-state index is 13.2. The first-order valence-electron chi connectivity index (χ1n) is 9.79. The largest absolute Gasteiger partial charge is 0.351 e. The van der Waals surface area contributed by atoms with E-state index in [2.05, 4.69) is 31.3 Å². The minimum Gasteiger partial charge on any atom is -0.351 e. The molecule has 2 aromatic carbocycles. The molecule has 0 spiro atoms. The topological polar surface area (TPSA) is 49.4 Å². The molecule has 0 unspecified atom stereocenters. The van der Waals surface area contributed by atoms with Crippen molar-refractivity contribution in [2.45, 2.75) is 51.7 Å². The molecule has 1 atom stereocenters. The lowest BCUT2D eigenvalue weighted by Crippen LogP contribution is -2.50. The van der Waals surface area contributed by atoms with Crippen molar-refractivity contribution in [3.8, 4) is 0 Å². The maximum Gasteiger partial charge on any atom is 0.255 e. The van der Waals surface area contributed by atoms with Gasteiger partial charge < -0.3 is 10.2 Å². The minimum atomic E-state index is -0.423. The van der Waals surface area contributed by atoms with Crippen LogP contribution in [0.3, 0.4) is 0 Å². The fraction of sp³-hybridized carbons (Fsp3) is 0.391. The molecule has 1 heterocycles. The summed E-state index contributed by atoms with van der Waals surface area (Å²) in [6.07, 6.45) is 2.40. The molecule has 0 saturated carbocycles. The number of nitrogens with one attached hydrogen (secondary N) is 1. The van der Waals surface area contributed by atoms with Crippen molar-refractivity contribution in [3.63, 3.8) is 0 Å². The lowest BCUT2D eigenvalue weighted by Gasteiger charge is -2.29. The summed E-state index contributed by atoms with van der Waals surface area (Å²) >= 11 is 0. The quantitative estimate of drug-likeness (QED) is 0.887. The number of carbonyl (C=O) groups excluding carboxylic acids is 2. The Morgan fingerprint density at radius 3 is 2.22 bits per heavy atom. The van der Waals surface area contributed by atoms with Gasteiger partial charge in [0.1, 0.15) is 6.04 Å². The summed E-state index contributed by atoms with van der Waals surface area (Å²) in [7, 11) is 0. The molecule has 1 N–H and O–H groups in total. The number of fused-ring (bicyclic) bond motifs is 2. The summed E-state index contributed by atoms with van der Waals surface area (Å²) in [5, 5.41) is 3.22. The third-order valence-electron chi connectivity index (χ3n) is 5.62. The van der Waals surface area contributed by atoms with Gasteiger partial charge in [-0.25, -0.2) is 0 Å². The summed E-state index contributed by atoms with van der Waals surface area (Å²) < 4.78 is 0. The summed E-state index contributed by atoms with van der Waals surface area (Å²) in [4.78, 5) is 27.8. The summed E-state index contributed by atoms with van der Waals surface area (Å²) in [5.41, 5.74) is 4.37. The van der Waals surface area contributed by atoms with Gasteiger partial charge in [0.25, 0.3) is 5.91 Å². The van der Waals surface area contributed by atoms with Gasteiger partial charge in [-0.1, -0.05) is 56.3 Å². The van der Waals surface area contributed by atoms with Gasteiger partial charge in [0.05, 0.1) is 0 Å². The van der Waals surface area contributed by atoms with Gasteiger partial charge in [-0.15, -0.1) is 0 Å². The summed E-state index contributed by atoms with van der Waals surface area (Å²) in [6.45, 7) is 4.71. The highest BCUT2D eigenvalue weighted by atomic mass is 16.2. The Kier molecular flexibility index (Phi) is 4.73. The minimum absolute atomic E-state index is 0.0253. The zero-order valence-electron chi connectivity index (χ0n) is 15.9. The van der Waals surface area contributed by atoms with Gasteiger partial charge in [-0.05, 0) is 47.9 Å². The highest BCUT2D eigenvalue weighted by Gasteiger charge is 2.37. The predicted octanol–water partition coefficient (Wildman–Crippen LogP) is 3.34. The molecule has 0 aromatic heterocycles. The van der Waals surface area contributed by atoms with Crippen LogP contribution < -0.4 is 5.32 Å². The molecule has 2 aliphatic rings. The second-order valence-electron chi connectivity index (χ2n) is 8.12. The van der Waals surface area contributed by atoms with E-state index < -0.39 is 6.04 Å². The van der Waals surface area contributed by atoms with Crippen LogP contribution in [-0.2, 0) is 24.2 Å². The maximum atomic E-state index is 13.2. The van der Waals surface area contributed by atoms with Crippen LogP contribution >= 0.6 is 0 Å². The van der Waals surface area contributed by atoms with E-state index in [0.717, 1.165) is 24.0 Å². The van der Waals surface area contributed by atoms with E-state index >= 15 is 0 Å². The summed E-state index contributed by atoms with van der Waals surface area (Å²) in [6, 6.07) is 15.7. The number of amides is 2. The van der Waals surface area contributed by atoms with E-state index in [1.54, 1.807) is 4.90 Å². The Labute approximate surface area is 160 Å². The van der Waals surface area contributed by atoms with E-state index in [0.29, 0.717) is 18.9 Å². The fourth-order valence-corrected chi connectivity index (χ4v) is 4.31. The molecule has 2 aromatic rings. The first-order valence-corrected chi connectivity index (χ1v) is 9.79. The first-order chi connectivity index (χ1) is 13.0. The normalized spacial score (nSPS) is 17.1. The van der Waals surface area contributed by atoms with Crippen molar-refractivity contribution in [1.29, 1.82) is 0 Å². The second kappa shape index (κ2) is 7.18. The molecule has 1 aliphatic carbocycles. The van der Waals surface area contributed by atoms with E-state index in [1.807, 2.05) is 36.4 Å². The number of nitrogens with zero attached hydrogens (tertiary/aromatic N) is 1. The van der Waals surface area contributed by atoms with Crippen molar-refractivity contribution in [2.24, 2.45) is 5.92 Å². The third kappa shape index (κ3) is 3.48. The van der Waals surface area contributed by atoms with Gasteiger partial charge >= 0.3 is 0 Å². The molecule has 4 nitrogen and oxygen atoms in total. The Bertz CT molecular complexity index is 849. The van der Waals surface area contributed by atoms with E-state index in [9.17, 15) is 9.59 Å². The van der Waals surface area contributed by atoms with E-state index in [-0.39, 0.29) is 17.9 Å². The Morgan fingerprint density at radius 1 is 1.04 bits per heavy atom. The third-order valence-corrected chi connectivity index (χ3v) is 5.62. The van der Waals surface area contributed by atoms with Crippen LogP contribution in [0, 0.1) is 5.92 Å². The Hall–Kier alpha value is -2.62. The van der Waals surface area contributed by atoms with Crippen LogP contribution in [-0.4, -0.2) is 28.8 Å². The van der Waals surface area contributed by atoms with Crippen LogP contribution in [0.1, 0.15) is 47.3 Å². The molecule has 0 bridgehead atoms. The van der Waals surface area contributed by atoms with Gasteiger partial charge in [0, 0.05) is 18.2 Å². The van der Waals surface area contributed by atoms with Gasteiger partial charge in [0.2, 0.25) is 5.91 Å². The molecule has 0 fully saturated rings. The predicted molar refractivity (Wildman–Crippen MR) is 105 cm³/mol. The smallest absolute Gasteiger partial charge is 0.255 e. The molecular formula is C23H26N2O2. The number of carbonyl (C=O) groups is 2. The van der Waals surface area contributed by atoms with Crippen LogP contribution in [0.2, 0.25) is 0 Å². The highest BCUT2D eigenvalue weighted by molar-refractivity contribution is 6.01. The SMILES string of the molecule is CC(C)C[C@@H](C(=O)NC1Cc2ccccc2C1)N1Cc2ccccc2C1=O. The molecule has 2 amide bonds. The Balaban J connectivity index is 1.50. The van der Waals surface area contributed by atoms with Crippen molar-refractivity contribution in [2.75, 3.05) is 0 Å². The zero-order chi connectivity index (χ0) is 19.0. The van der Waals surface area contributed by atoms with Crippen LogP contribution in [0.4, 0.5) is 0 Å². The average Bonchev–Trinajstić information content (AvgIpc) is 3.20. The monoisotopic (exact) mass is 362 g/mol. The van der Waals surface area contributed by atoms with E-state index in [4.69, 9.17) is 0 Å². The zero-order valence-corrected chi connectivity index (χ0v) is 15.9. The summed E-state index contributed by atoms with van der Waals surface area (Å²) in [5.74, 6) is 0.279. The molecule has 27 heavy (non-hydrogen) atoms. The fourth-order valence-electron chi connectivity index (χ4n) is 4.31. The van der Waals surface area contributed by atoms with Crippen LogP contribution in [0.25, 0.3) is 0 Å². The van der Waals surface area contributed by atoms with Gasteiger partial charge in [-0.2, -0.15) is 0 Å². The molecule has 4 rings (SSSR count). The number of rotatable bonds is 5. The lowest BCUT2D eigenvalue weighted by molar-refractivity contribution is -0.127.